The number of likely N-dealkylation sites (tertiary alicyclic amines) is 1. The van der Waals surface area contributed by atoms with Gasteiger partial charge in [-0.15, -0.1) is 0 Å². The van der Waals surface area contributed by atoms with Crippen LogP contribution in [-0.2, 0) is 4.79 Å². The molecule has 0 bridgehead atoms. The van der Waals surface area contributed by atoms with Crippen LogP contribution >= 0.6 is 0 Å². The molecule has 1 atom stereocenters. The van der Waals surface area contributed by atoms with Crippen molar-refractivity contribution in [2.75, 3.05) is 39.3 Å². The number of carbonyl (C=O) groups is 1. The zero-order valence-corrected chi connectivity index (χ0v) is 12.6. The zero-order chi connectivity index (χ0) is 13.8. The second kappa shape index (κ2) is 6.90. The van der Waals surface area contributed by atoms with Crippen LogP contribution < -0.4 is 5.32 Å². The first-order chi connectivity index (χ1) is 9.84. The molecule has 4 heteroatoms. The van der Waals surface area contributed by atoms with Gasteiger partial charge in [-0.25, -0.2) is 0 Å². The van der Waals surface area contributed by atoms with Crippen LogP contribution in [0.25, 0.3) is 0 Å². The van der Waals surface area contributed by atoms with Crippen LogP contribution in [0.1, 0.15) is 44.9 Å². The number of carbonyl (C=O) groups excluding carboxylic acids is 1. The molecule has 1 N–H and O–H groups in total. The molecule has 4 nitrogen and oxygen atoms in total. The fraction of sp³-hybridized carbons (Fsp3) is 0.938. The lowest BCUT2D eigenvalue weighted by atomic mass is 9.96. The van der Waals surface area contributed by atoms with E-state index in [1.54, 1.807) is 0 Å². The van der Waals surface area contributed by atoms with Crippen molar-refractivity contribution in [3.8, 4) is 0 Å². The maximum Gasteiger partial charge on any atom is 0.236 e. The summed E-state index contributed by atoms with van der Waals surface area (Å²) < 4.78 is 0. The molecule has 0 aromatic carbocycles. The number of nitrogens with one attached hydrogen (secondary N) is 1. The highest BCUT2D eigenvalue weighted by molar-refractivity contribution is 5.78. The summed E-state index contributed by atoms with van der Waals surface area (Å²) >= 11 is 0. The molecule has 1 amide bonds. The standard InChI is InChI=1S/C16H29N3O/c20-16(18-11-4-8-17-9-12-18)13-19-10-3-7-15(19)14-5-1-2-6-14/h14-15,17H,1-13H2. The van der Waals surface area contributed by atoms with Gasteiger partial charge in [-0.05, 0) is 51.1 Å². The third-order valence-corrected chi connectivity index (χ3v) is 5.39. The lowest BCUT2D eigenvalue weighted by Crippen LogP contribution is -2.45. The molecule has 1 unspecified atom stereocenters. The van der Waals surface area contributed by atoms with Crippen LogP contribution in [0.3, 0.4) is 0 Å². The molecule has 0 radical (unpaired) electrons. The van der Waals surface area contributed by atoms with Gasteiger partial charge in [-0.2, -0.15) is 0 Å². The Balaban J connectivity index is 1.53. The molecule has 3 aliphatic rings. The molecular weight excluding hydrogens is 250 g/mol. The summed E-state index contributed by atoms with van der Waals surface area (Å²) in [5, 5.41) is 3.37. The smallest absolute Gasteiger partial charge is 0.236 e. The van der Waals surface area contributed by atoms with Crippen molar-refractivity contribution in [2.24, 2.45) is 5.92 Å². The van der Waals surface area contributed by atoms with E-state index in [4.69, 9.17) is 0 Å². The van der Waals surface area contributed by atoms with E-state index in [0.29, 0.717) is 18.5 Å². The Hall–Kier alpha value is -0.610. The van der Waals surface area contributed by atoms with Gasteiger partial charge in [0.25, 0.3) is 0 Å². The highest BCUT2D eigenvalue weighted by Gasteiger charge is 2.34. The normalized spacial score (nSPS) is 29.8. The third-order valence-electron chi connectivity index (χ3n) is 5.39. The van der Waals surface area contributed by atoms with Crippen LogP contribution in [0, 0.1) is 5.92 Å². The molecule has 2 aliphatic heterocycles. The monoisotopic (exact) mass is 279 g/mol. The minimum atomic E-state index is 0.360. The molecule has 20 heavy (non-hydrogen) atoms. The topological polar surface area (TPSA) is 35.6 Å². The van der Waals surface area contributed by atoms with Gasteiger partial charge in [0, 0.05) is 25.7 Å². The highest BCUT2D eigenvalue weighted by atomic mass is 16.2. The minimum absolute atomic E-state index is 0.360. The van der Waals surface area contributed by atoms with E-state index >= 15 is 0 Å². The van der Waals surface area contributed by atoms with Crippen LogP contribution in [0.2, 0.25) is 0 Å². The summed E-state index contributed by atoms with van der Waals surface area (Å²) in [6, 6.07) is 0.701. The average molecular weight is 279 g/mol. The first-order valence-electron chi connectivity index (χ1n) is 8.57. The van der Waals surface area contributed by atoms with Gasteiger partial charge in [0.15, 0.2) is 0 Å². The number of nitrogens with zero attached hydrogens (tertiary/aromatic N) is 2. The summed E-state index contributed by atoms with van der Waals surface area (Å²) in [6.45, 7) is 5.64. The van der Waals surface area contributed by atoms with E-state index < -0.39 is 0 Å². The van der Waals surface area contributed by atoms with Crippen LogP contribution in [0.15, 0.2) is 0 Å². The molecule has 3 fully saturated rings. The van der Waals surface area contributed by atoms with Gasteiger partial charge in [0.05, 0.1) is 6.54 Å². The number of rotatable bonds is 3. The van der Waals surface area contributed by atoms with Gasteiger partial charge in [-0.3, -0.25) is 9.69 Å². The molecular formula is C16H29N3O. The van der Waals surface area contributed by atoms with Gasteiger partial charge in [-0.1, -0.05) is 12.8 Å². The van der Waals surface area contributed by atoms with Crippen molar-refractivity contribution in [3.05, 3.63) is 0 Å². The minimum Gasteiger partial charge on any atom is -0.340 e. The largest absolute Gasteiger partial charge is 0.340 e. The van der Waals surface area contributed by atoms with Gasteiger partial charge in [0.1, 0.15) is 0 Å². The second-order valence-corrected chi connectivity index (χ2v) is 6.71. The van der Waals surface area contributed by atoms with Crippen LogP contribution in [0.5, 0.6) is 0 Å². The number of amides is 1. The predicted molar refractivity (Wildman–Crippen MR) is 80.6 cm³/mol. The summed E-state index contributed by atoms with van der Waals surface area (Å²) in [5.41, 5.74) is 0. The van der Waals surface area contributed by atoms with Crippen molar-refractivity contribution in [2.45, 2.75) is 51.0 Å². The average Bonchev–Trinajstić information content (AvgIpc) is 3.04. The third kappa shape index (κ3) is 3.34. The molecule has 2 saturated heterocycles. The van der Waals surface area contributed by atoms with Gasteiger partial charge < -0.3 is 10.2 Å². The lowest BCUT2D eigenvalue weighted by molar-refractivity contribution is -0.132. The Morgan fingerprint density at radius 1 is 0.950 bits per heavy atom. The second-order valence-electron chi connectivity index (χ2n) is 6.71. The molecule has 0 spiro atoms. The van der Waals surface area contributed by atoms with Crippen LogP contribution in [-0.4, -0.2) is 61.0 Å². The molecule has 1 aliphatic carbocycles. The Labute approximate surface area is 122 Å². The zero-order valence-electron chi connectivity index (χ0n) is 12.6. The van der Waals surface area contributed by atoms with E-state index in [1.165, 1.54) is 38.5 Å². The van der Waals surface area contributed by atoms with Crippen molar-refractivity contribution in [1.29, 1.82) is 0 Å². The van der Waals surface area contributed by atoms with E-state index in [-0.39, 0.29) is 0 Å². The molecule has 3 rings (SSSR count). The van der Waals surface area contributed by atoms with E-state index in [1.807, 2.05) is 0 Å². The first kappa shape index (κ1) is 14.3. The quantitative estimate of drug-likeness (QED) is 0.849. The Bertz CT molecular complexity index is 320. The summed E-state index contributed by atoms with van der Waals surface area (Å²) in [4.78, 5) is 17.1. The lowest BCUT2D eigenvalue weighted by Gasteiger charge is -2.31. The number of hydrogen-bond acceptors (Lipinski definition) is 3. The van der Waals surface area contributed by atoms with E-state index in [9.17, 15) is 4.79 Å². The first-order valence-corrected chi connectivity index (χ1v) is 8.57. The molecule has 1 saturated carbocycles. The van der Waals surface area contributed by atoms with Crippen molar-refractivity contribution in [3.63, 3.8) is 0 Å². The number of hydrogen-bond donors (Lipinski definition) is 1. The fourth-order valence-electron chi connectivity index (χ4n) is 4.29. The SMILES string of the molecule is O=C(CN1CCCC1C1CCCC1)N1CCCNCC1. The summed E-state index contributed by atoms with van der Waals surface area (Å²) in [5.74, 6) is 1.23. The molecule has 0 aromatic rings. The van der Waals surface area contributed by atoms with Crippen LogP contribution in [0.4, 0.5) is 0 Å². The van der Waals surface area contributed by atoms with Crippen molar-refractivity contribution in [1.82, 2.24) is 15.1 Å². The summed E-state index contributed by atoms with van der Waals surface area (Å²) in [7, 11) is 0. The Kier molecular flexibility index (Phi) is 4.94. The van der Waals surface area contributed by atoms with E-state index in [0.717, 1.165) is 45.1 Å². The van der Waals surface area contributed by atoms with Gasteiger partial charge >= 0.3 is 0 Å². The molecule has 0 aromatic heterocycles. The van der Waals surface area contributed by atoms with E-state index in [2.05, 4.69) is 15.1 Å². The Morgan fingerprint density at radius 3 is 2.65 bits per heavy atom. The van der Waals surface area contributed by atoms with Crippen molar-refractivity contribution < 1.29 is 4.79 Å². The fourth-order valence-corrected chi connectivity index (χ4v) is 4.29. The van der Waals surface area contributed by atoms with Crippen molar-refractivity contribution >= 4 is 5.91 Å². The predicted octanol–water partition coefficient (Wildman–Crippen LogP) is 1.46. The Morgan fingerprint density at radius 2 is 1.80 bits per heavy atom. The maximum atomic E-state index is 12.5. The summed E-state index contributed by atoms with van der Waals surface area (Å²) in [6.07, 6.45) is 9.29. The molecule has 2 heterocycles. The molecule has 114 valence electrons. The van der Waals surface area contributed by atoms with Gasteiger partial charge in [0.2, 0.25) is 5.91 Å². The maximum absolute atomic E-state index is 12.5. The highest BCUT2D eigenvalue weighted by Crippen LogP contribution is 2.35.